The van der Waals surface area contributed by atoms with Crippen LogP contribution in [0.25, 0.3) is 0 Å². The van der Waals surface area contributed by atoms with Crippen LogP contribution in [0.1, 0.15) is 26.2 Å². The van der Waals surface area contributed by atoms with Crippen molar-refractivity contribution in [2.24, 2.45) is 0 Å². The maximum absolute atomic E-state index is 5.82. The van der Waals surface area contributed by atoms with Crippen molar-refractivity contribution in [2.75, 3.05) is 44.8 Å². The van der Waals surface area contributed by atoms with E-state index in [4.69, 9.17) is 10.5 Å². The van der Waals surface area contributed by atoms with E-state index in [0.29, 0.717) is 18.2 Å². The summed E-state index contributed by atoms with van der Waals surface area (Å²) in [6.07, 6.45) is 3.24. The predicted molar refractivity (Wildman–Crippen MR) is 80.7 cm³/mol. The molecule has 0 saturated heterocycles. The van der Waals surface area contributed by atoms with E-state index in [1.165, 1.54) is 6.42 Å². The third kappa shape index (κ3) is 6.29. The van der Waals surface area contributed by atoms with Gasteiger partial charge in [0.15, 0.2) is 0 Å². The Balaban J connectivity index is 2.37. The number of hydrogen-bond acceptors (Lipinski definition) is 5. The molecule has 1 aromatic rings. The molecular weight excluding hydrogens is 240 g/mol. The van der Waals surface area contributed by atoms with E-state index in [2.05, 4.69) is 36.2 Å². The van der Waals surface area contributed by atoms with Crippen LogP contribution in [0.2, 0.25) is 0 Å². The number of nitrogen functional groups attached to an aromatic ring is 1. The molecule has 0 radical (unpaired) electrons. The van der Waals surface area contributed by atoms with E-state index >= 15 is 0 Å². The number of nitrogens with two attached hydrogens (primary N) is 1. The van der Waals surface area contributed by atoms with Gasteiger partial charge in [-0.25, -0.2) is 0 Å². The third-order valence-corrected chi connectivity index (χ3v) is 2.67. The first-order chi connectivity index (χ1) is 9.13. The van der Waals surface area contributed by atoms with Crippen molar-refractivity contribution in [1.29, 1.82) is 0 Å². The molecule has 0 bridgehead atoms. The molecule has 0 unspecified atom stereocenters. The third-order valence-electron chi connectivity index (χ3n) is 2.67. The molecule has 0 amide bonds. The summed E-state index contributed by atoms with van der Waals surface area (Å²) >= 11 is 0. The van der Waals surface area contributed by atoms with E-state index in [1.807, 2.05) is 12.1 Å². The lowest BCUT2D eigenvalue weighted by molar-refractivity contribution is 0.307. The average molecular weight is 266 g/mol. The number of nitrogens with zero attached hydrogens (tertiary/aromatic N) is 2. The normalized spacial score (nSPS) is 10.7. The molecule has 0 aliphatic carbocycles. The molecule has 5 heteroatoms. The number of unbranched alkanes of at least 4 members (excludes halogenated alkanes) is 1. The number of nitrogens with one attached hydrogen (secondary N) is 1. The fourth-order valence-electron chi connectivity index (χ4n) is 1.63. The maximum Gasteiger partial charge on any atom is 0.239 e. The van der Waals surface area contributed by atoms with Gasteiger partial charge in [-0.15, -0.1) is 0 Å². The number of rotatable bonds is 9. The van der Waals surface area contributed by atoms with Crippen LogP contribution in [0, 0.1) is 0 Å². The summed E-state index contributed by atoms with van der Waals surface area (Å²) < 4.78 is 5.50. The molecule has 0 aliphatic heterocycles. The molecule has 0 atom stereocenters. The first-order valence-electron chi connectivity index (χ1n) is 6.91. The van der Waals surface area contributed by atoms with E-state index in [9.17, 15) is 0 Å². The highest BCUT2D eigenvalue weighted by Crippen LogP contribution is 2.20. The first kappa shape index (κ1) is 15.6. The minimum atomic E-state index is 0.528. The second-order valence-corrected chi connectivity index (χ2v) is 4.88. The standard InChI is InChI=1S/C14H26N4O/c1-4-11-19-14-12(15)7-8-13(17-14)16-9-5-6-10-18(2)3/h7-8H,4-6,9-11,15H2,1-3H3,(H,16,17). The van der Waals surface area contributed by atoms with Gasteiger partial charge in [0.1, 0.15) is 5.82 Å². The summed E-state index contributed by atoms with van der Waals surface area (Å²) in [6.45, 7) is 4.73. The maximum atomic E-state index is 5.82. The molecule has 0 fully saturated rings. The van der Waals surface area contributed by atoms with E-state index in [-0.39, 0.29) is 0 Å². The summed E-state index contributed by atoms with van der Waals surface area (Å²) in [4.78, 5) is 6.57. The highest BCUT2D eigenvalue weighted by atomic mass is 16.5. The van der Waals surface area contributed by atoms with Gasteiger partial charge in [-0.05, 0) is 52.0 Å². The Morgan fingerprint density at radius 3 is 2.79 bits per heavy atom. The van der Waals surface area contributed by atoms with E-state index in [0.717, 1.165) is 31.7 Å². The van der Waals surface area contributed by atoms with Gasteiger partial charge in [-0.3, -0.25) is 0 Å². The van der Waals surface area contributed by atoms with Gasteiger partial charge in [-0.1, -0.05) is 6.92 Å². The Kier molecular flexibility index (Phi) is 7.03. The largest absolute Gasteiger partial charge is 0.476 e. The highest BCUT2D eigenvalue weighted by Gasteiger charge is 2.03. The van der Waals surface area contributed by atoms with E-state index < -0.39 is 0 Å². The van der Waals surface area contributed by atoms with Crippen molar-refractivity contribution in [3.63, 3.8) is 0 Å². The fourth-order valence-corrected chi connectivity index (χ4v) is 1.63. The van der Waals surface area contributed by atoms with Crippen LogP contribution in [0.15, 0.2) is 12.1 Å². The summed E-state index contributed by atoms with van der Waals surface area (Å²) in [5.41, 5.74) is 6.41. The second-order valence-electron chi connectivity index (χ2n) is 4.88. The molecule has 5 nitrogen and oxygen atoms in total. The van der Waals surface area contributed by atoms with Crippen LogP contribution in [0.5, 0.6) is 5.88 Å². The lowest BCUT2D eigenvalue weighted by atomic mass is 10.3. The van der Waals surface area contributed by atoms with Crippen LogP contribution < -0.4 is 15.8 Å². The van der Waals surface area contributed by atoms with Crippen LogP contribution in [0.3, 0.4) is 0 Å². The molecule has 0 saturated carbocycles. The monoisotopic (exact) mass is 266 g/mol. The summed E-state index contributed by atoms with van der Waals surface area (Å²) in [6, 6.07) is 3.72. The smallest absolute Gasteiger partial charge is 0.239 e. The number of aromatic nitrogens is 1. The quantitative estimate of drug-likeness (QED) is 0.671. The zero-order valence-electron chi connectivity index (χ0n) is 12.3. The summed E-state index contributed by atoms with van der Waals surface area (Å²) in [5.74, 6) is 1.35. The molecule has 0 aliphatic rings. The van der Waals surface area contributed by atoms with Gasteiger partial charge in [0.2, 0.25) is 5.88 Å². The Bertz CT molecular complexity index is 368. The molecule has 19 heavy (non-hydrogen) atoms. The zero-order valence-corrected chi connectivity index (χ0v) is 12.3. The average Bonchev–Trinajstić information content (AvgIpc) is 2.38. The molecule has 0 spiro atoms. The zero-order chi connectivity index (χ0) is 14.1. The molecule has 108 valence electrons. The molecule has 3 N–H and O–H groups in total. The topological polar surface area (TPSA) is 63.4 Å². The lowest BCUT2D eigenvalue weighted by Crippen LogP contribution is -2.14. The van der Waals surface area contributed by atoms with Gasteiger partial charge in [0.05, 0.1) is 12.3 Å². The van der Waals surface area contributed by atoms with Crippen molar-refractivity contribution >= 4 is 11.5 Å². The van der Waals surface area contributed by atoms with Gasteiger partial charge >= 0.3 is 0 Å². The van der Waals surface area contributed by atoms with Crippen molar-refractivity contribution < 1.29 is 4.74 Å². The number of hydrogen-bond donors (Lipinski definition) is 2. The summed E-state index contributed by atoms with van der Waals surface area (Å²) in [7, 11) is 4.18. The Labute approximate surface area is 116 Å². The molecule has 1 aromatic heterocycles. The summed E-state index contributed by atoms with van der Waals surface area (Å²) in [5, 5.41) is 3.30. The Morgan fingerprint density at radius 1 is 1.32 bits per heavy atom. The van der Waals surface area contributed by atoms with Gasteiger partial charge in [0, 0.05) is 6.54 Å². The molecular formula is C14H26N4O. The fraction of sp³-hybridized carbons (Fsp3) is 0.643. The minimum absolute atomic E-state index is 0.528. The van der Waals surface area contributed by atoms with E-state index in [1.54, 1.807) is 0 Å². The first-order valence-corrected chi connectivity index (χ1v) is 6.91. The number of pyridine rings is 1. The molecule has 1 rings (SSSR count). The van der Waals surface area contributed by atoms with Crippen LogP contribution >= 0.6 is 0 Å². The van der Waals surface area contributed by atoms with Crippen LogP contribution in [-0.4, -0.2) is 43.7 Å². The van der Waals surface area contributed by atoms with Crippen molar-refractivity contribution in [2.45, 2.75) is 26.2 Å². The van der Waals surface area contributed by atoms with Crippen LogP contribution in [-0.2, 0) is 0 Å². The lowest BCUT2D eigenvalue weighted by Gasteiger charge is -2.11. The number of ether oxygens (including phenoxy) is 1. The van der Waals surface area contributed by atoms with Gasteiger partial charge in [-0.2, -0.15) is 4.98 Å². The molecule has 0 aromatic carbocycles. The predicted octanol–water partition coefficient (Wildman–Crippen LogP) is 2.21. The SMILES string of the molecule is CCCOc1nc(NCCCCN(C)C)ccc1N. The Morgan fingerprint density at radius 2 is 2.11 bits per heavy atom. The van der Waals surface area contributed by atoms with Crippen molar-refractivity contribution in [1.82, 2.24) is 9.88 Å². The number of anilines is 2. The highest BCUT2D eigenvalue weighted by molar-refractivity contribution is 5.53. The van der Waals surface area contributed by atoms with Crippen LogP contribution in [0.4, 0.5) is 11.5 Å². The van der Waals surface area contributed by atoms with Gasteiger partial charge in [0.25, 0.3) is 0 Å². The van der Waals surface area contributed by atoms with Crippen molar-refractivity contribution in [3.8, 4) is 5.88 Å². The minimum Gasteiger partial charge on any atom is -0.476 e. The van der Waals surface area contributed by atoms with Crippen molar-refractivity contribution in [3.05, 3.63) is 12.1 Å². The van der Waals surface area contributed by atoms with Gasteiger partial charge < -0.3 is 20.7 Å². The second kappa shape index (κ2) is 8.58. The molecule has 1 heterocycles. The Hall–Kier alpha value is -1.49.